The molecule has 1 N–H and O–H groups in total. The molecule has 1 aromatic rings. The predicted octanol–water partition coefficient (Wildman–Crippen LogP) is 2.26. The maximum atomic E-state index is 12.7. The van der Waals surface area contributed by atoms with E-state index in [0.29, 0.717) is 39.2 Å². The summed E-state index contributed by atoms with van der Waals surface area (Å²) in [5.41, 5.74) is 1.00. The van der Waals surface area contributed by atoms with Crippen LogP contribution in [0.4, 0.5) is 0 Å². The van der Waals surface area contributed by atoms with Crippen LogP contribution >= 0.6 is 0 Å². The number of hydrogen-bond acceptors (Lipinski definition) is 5. The number of rotatable bonds is 8. The normalized spacial score (nSPS) is 18.7. The second-order valence-electron chi connectivity index (χ2n) is 6.95. The quantitative estimate of drug-likeness (QED) is 0.748. The largest absolute Gasteiger partial charge is 0.490 e. The summed E-state index contributed by atoms with van der Waals surface area (Å²) in [5.74, 6) is 0.519. The summed E-state index contributed by atoms with van der Waals surface area (Å²) >= 11 is 0. The zero-order chi connectivity index (χ0) is 19.1. The topological polar surface area (TPSA) is 85.3 Å². The van der Waals surface area contributed by atoms with E-state index in [-0.39, 0.29) is 25.0 Å². The van der Waals surface area contributed by atoms with Gasteiger partial charge in [-0.3, -0.25) is 9.59 Å². The van der Waals surface area contributed by atoms with Gasteiger partial charge in [0.25, 0.3) is 0 Å². The first-order valence-electron chi connectivity index (χ1n) is 9.61. The van der Waals surface area contributed by atoms with Gasteiger partial charge in [0.15, 0.2) is 11.5 Å². The molecule has 0 saturated carbocycles. The Bertz CT molecular complexity index is 656. The van der Waals surface area contributed by atoms with Crippen LogP contribution in [-0.4, -0.2) is 60.9 Å². The van der Waals surface area contributed by atoms with E-state index in [1.165, 1.54) is 0 Å². The summed E-state index contributed by atoms with van der Waals surface area (Å²) in [4.78, 5) is 25.2. The number of nitrogens with zero attached hydrogens (tertiary/aromatic N) is 1. The van der Waals surface area contributed by atoms with E-state index in [1.807, 2.05) is 18.2 Å². The molecule has 0 aromatic heterocycles. The number of hydrogen-bond donors (Lipinski definition) is 1. The van der Waals surface area contributed by atoms with Gasteiger partial charge < -0.3 is 24.2 Å². The van der Waals surface area contributed by atoms with Gasteiger partial charge in [0.2, 0.25) is 5.91 Å². The summed E-state index contributed by atoms with van der Waals surface area (Å²) in [7, 11) is 0. The molecule has 3 rings (SSSR count). The van der Waals surface area contributed by atoms with Gasteiger partial charge in [0, 0.05) is 32.5 Å². The molecule has 1 atom stereocenters. The Kier molecular flexibility index (Phi) is 6.92. The number of amides is 1. The second kappa shape index (κ2) is 9.60. The number of carbonyl (C=O) groups is 2. The van der Waals surface area contributed by atoms with Crippen molar-refractivity contribution in [2.75, 3.05) is 32.9 Å². The van der Waals surface area contributed by atoms with Gasteiger partial charge in [-0.1, -0.05) is 6.07 Å². The van der Waals surface area contributed by atoms with Crippen molar-refractivity contribution in [3.63, 3.8) is 0 Å². The molecule has 148 valence electrons. The molecule has 1 saturated heterocycles. The van der Waals surface area contributed by atoms with Crippen LogP contribution in [0.15, 0.2) is 18.2 Å². The lowest BCUT2D eigenvalue weighted by molar-refractivity contribution is -0.139. The minimum atomic E-state index is -0.900. The molecule has 1 amide bonds. The van der Waals surface area contributed by atoms with E-state index in [9.17, 15) is 9.59 Å². The molecule has 0 bridgehead atoms. The molecule has 0 spiro atoms. The minimum Gasteiger partial charge on any atom is -0.490 e. The first-order chi connectivity index (χ1) is 13.1. The molecule has 1 aromatic carbocycles. The Hall–Kier alpha value is -2.28. The van der Waals surface area contributed by atoms with Gasteiger partial charge in [0.1, 0.15) is 0 Å². The third-order valence-corrected chi connectivity index (χ3v) is 4.84. The predicted molar refractivity (Wildman–Crippen MR) is 98.2 cm³/mol. The molecule has 0 aliphatic carbocycles. The first kappa shape index (κ1) is 19.5. The molecule has 1 fully saturated rings. The number of aliphatic carboxylic acids is 1. The summed E-state index contributed by atoms with van der Waals surface area (Å²) in [6, 6.07) is 5.76. The Balaban J connectivity index is 1.57. The van der Waals surface area contributed by atoms with Crippen LogP contribution in [0.5, 0.6) is 11.5 Å². The van der Waals surface area contributed by atoms with Crippen molar-refractivity contribution in [3.05, 3.63) is 23.8 Å². The Labute approximate surface area is 159 Å². The van der Waals surface area contributed by atoms with Gasteiger partial charge >= 0.3 is 5.97 Å². The van der Waals surface area contributed by atoms with Crippen LogP contribution in [0, 0.1) is 0 Å². The molecule has 7 nitrogen and oxygen atoms in total. The van der Waals surface area contributed by atoms with Crippen molar-refractivity contribution < 1.29 is 28.9 Å². The van der Waals surface area contributed by atoms with Crippen molar-refractivity contribution in [2.45, 2.75) is 44.6 Å². The van der Waals surface area contributed by atoms with Crippen molar-refractivity contribution in [2.24, 2.45) is 0 Å². The van der Waals surface area contributed by atoms with Crippen molar-refractivity contribution in [1.82, 2.24) is 4.90 Å². The zero-order valence-electron chi connectivity index (χ0n) is 15.5. The minimum absolute atomic E-state index is 0.0146. The number of fused-ring (bicyclic) bond motifs is 1. The molecule has 2 aliphatic rings. The molecule has 0 radical (unpaired) electrons. The maximum absolute atomic E-state index is 12.7. The average molecular weight is 377 g/mol. The number of carboxylic acids is 1. The highest BCUT2D eigenvalue weighted by Gasteiger charge is 2.23. The highest BCUT2D eigenvalue weighted by molar-refractivity contribution is 5.77. The maximum Gasteiger partial charge on any atom is 0.305 e. The standard InChI is InChI=1S/C20H27NO6/c22-19(21(9-8-20(23)24)14-16-3-1-10-25-16)7-5-15-4-6-17-18(13-15)27-12-2-11-26-17/h4,6,13,16H,1-3,5,7-12,14H2,(H,23,24)/t16-/m1/s1. The van der Waals surface area contributed by atoms with E-state index < -0.39 is 5.97 Å². The van der Waals surface area contributed by atoms with Crippen molar-refractivity contribution in [1.29, 1.82) is 0 Å². The number of benzene rings is 1. The number of carbonyl (C=O) groups excluding carboxylic acids is 1. The fourth-order valence-corrected chi connectivity index (χ4v) is 3.36. The highest BCUT2D eigenvalue weighted by atomic mass is 16.5. The fourth-order valence-electron chi connectivity index (χ4n) is 3.36. The molecular weight excluding hydrogens is 350 g/mol. The van der Waals surface area contributed by atoms with Crippen LogP contribution < -0.4 is 9.47 Å². The Morgan fingerprint density at radius 1 is 1.07 bits per heavy atom. The van der Waals surface area contributed by atoms with Crippen LogP contribution in [0.1, 0.15) is 37.7 Å². The van der Waals surface area contributed by atoms with E-state index in [2.05, 4.69) is 0 Å². The van der Waals surface area contributed by atoms with E-state index in [1.54, 1.807) is 4.90 Å². The number of aryl methyl sites for hydroxylation is 1. The van der Waals surface area contributed by atoms with Crippen LogP contribution in [0.25, 0.3) is 0 Å². The second-order valence-corrected chi connectivity index (χ2v) is 6.95. The molecule has 2 aliphatic heterocycles. The van der Waals surface area contributed by atoms with Crippen molar-refractivity contribution >= 4 is 11.9 Å². The fraction of sp³-hybridized carbons (Fsp3) is 0.600. The Morgan fingerprint density at radius 3 is 2.63 bits per heavy atom. The van der Waals surface area contributed by atoms with Gasteiger partial charge in [-0.2, -0.15) is 0 Å². The van der Waals surface area contributed by atoms with E-state index in [0.717, 1.165) is 36.3 Å². The molecular formula is C20H27NO6. The molecule has 0 unspecified atom stereocenters. The van der Waals surface area contributed by atoms with Gasteiger partial charge in [-0.15, -0.1) is 0 Å². The summed E-state index contributed by atoms with van der Waals surface area (Å²) in [6.45, 7) is 2.66. The lowest BCUT2D eigenvalue weighted by atomic mass is 10.1. The van der Waals surface area contributed by atoms with Gasteiger partial charge in [0.05, 0.1) is 25.7 Å². The zero-order valence-corrected chi connectivity index (χ0v) is 15.5. The first-order valence-corrected chi connectivity index (χ1v) is 9.61. The molecule has 27 heavy (non-hydrogen) atoms. The summed E-state index contributed by atoms with van der Waals surface area (Å²) in [5, 5.41) is 8.95. The number of carboxylic acid groups (broad SMARTS) is 1. The Morgan fingerprint density at radius 2 is 1.89 bits per heavy atom. The lowest BCUT2D eigenvalue weighted by Crippen LogP contribution is -2.38. The van der Waals surface area contributed by atoms with E-state index in [4.69, 9.17) is 19.3 Å². The van der Waals surface area contributed by atoms with Crippen molar-refractivity contribution in [3.8, 4) is 11.5 Å². The average Bonchev–Trinajstić information content (AvgIpc) is 3.06. The highest BCUT2D eigenvalue weighted by Crippen LogP contribution is 2.30. The summed E-state index contributed by atoms with van der Waals surface area (Å²) in [6.07, 6.45) is 3.62. The molecule has 2 heterocycles. The van der Waals surface area contributed by atoms with Crippen LogP contribution in [0.2, 0.25) is 0 Å². The van der Waals surface area contributed by atoms with Crippen LogP contribution in [0.3, 0.4) is 0 Å². The third-order valence-electron chi connectivity index (χ3n) is 4.84. The lowest BCUT2D eigenvalue weighted by Gasteiger charge is -2.25. The van der Waals surface area contributed by atoms with Gasteiger partial charge in [-0.05, 0) is 37.0 Å². The van der Waals surface area contributed by atoms with Crippen LogP contribution in [-0.2, 0) is 20.7 Å². The summed E-state index contributed by atoms with van der Waals surface area (Å²) < 4.78 is 16.9. The third kappa shape index (κ3) is 5.85. The van der Waals surface area contributed by atoms with Gasteiger partial charge in [-0.25, -0.2) is 0 Å². The van der Waals surface area contributed by atoms with E-state index >= 15 is 0 Å². The number of ether oxygens (including phenoxy) is 3. The molecule has 7 heteroatoms. The SMILES string of the molecule is O=C(O)CCN(C[C@H]1CCCO1)C(=O)CCc1ccc2c(c1)OCCCO2. The smallest absolute Gasteiger partial charge is 0.305 e. The monoisotopic (exact) mass is 377 g/mol.